The van der Waals surface area contributed by atoms with E-state index in [1.807, 2.05) is 32.9 Å². The molecule has 2 aromatic rings. The zero-order valence-corrected chi connectivity index (χ0v) is 15.0. The van der Waals surface area contributed by atoms with Crippen molar-refractivity contribution in [3.05, 3.63) is 40.7 Å². The number of anilines is 1. The number of thiazole rings is 1. The largest absolute Gasteiger partial charge is 0.458 e. The maximum absolute atomic E-state index is 12.5. The third-order valence-corrected chi connectivity index (χ3v) is 4.07. The van der Waals surface area contributed by atoms with E-state index in [1.54, 1.807) is 19.3 Å². The lowest BCUT2D eigenvalue weighted by Gasteiger charge is -2.24. The lowest BCUT2D eigenvalue weighted by molar-refractivity contribution is -0.155. The zero-order valence-electron chi connectivity index (χ0n) is 14.2. The SMILES string of the molecule is Cc1nc(NC(Cc2ccncc2)C(=O)OC(C)(C)C)sc1C#N. The second-order valence-electron chi connectivity index (χ2n) is 6.34. The molecular weight excluding hydrogens is 324 g/mol. The molecular formula is C17H20N4O2S. The summed E-state index contributed by atoms with van der Waals surface area (Å²) in [5, 5.41) is 12.7. The molecule has 24 heavy (non-hydrogen) atoms. The molecule has 2 rings (SSSR count). The minimum absolute atomic E-state index is 0.356. The Hall–Kier alpha value is -2.46. The molecule has 0 spiro atoms. The van der Waals surface area contributed by atoms with Gasteiger partial charge in [0.2, 0.25) is 0 Å². The highest BCUT2D eigenvalue weighted by Crippen LogP contribution is 2.23. The van der Waals surface area contributed by atoms with Crippen molar-refractivity contribution in [1.29, 1.82) is 5.26 Å². The number of pyridine rings is 1. The Bertz CT molecular complexity index is 744. The fourth-order valence-electron chi connectivity index (χ4n) is 2.03. The van der Waals surface area contributed by atoms with Crippen LogP contribution in [-0.2, 0) is 16.0 Å². The summed E-state index contributed by atoms with van der Waals surface area (Å²) in [5.74, 6) is -0.356. The van der Waals surface area contributed by atoms with Crippen LogP contribution in [-0.4, -0.2) is 27.6 Å². The standard InChI is InChI=1S/C17H20N4O2S/c1-11-14(10-18)24-16(20-11)21-13(15(22)23-17(2,3)4)9-12-5-7-19-8-6-12/h5-8,13H,9H2,1-4H3,(H,20,21). The molecule has 0 bridgehead atoms. The summed E-state index contributed by atoms with van der Waals surface area (Å²) < 4.78 is 5.50. The number of ether oxygens (including phenoxy) is 1. The first-order chi connectivity index (χ1) is 11.3. The number of aryl methyl sites for hydroxylation is 1. The van der Waals surface area contributed by atoms with E-state index < -0.39 is 11.6 Å². The van der Waals surface area contributed by atoms with Crippen LogP contribution in [0.25, 0.3) is 0 Å². The average molecular weight is 344 g/mol. The molecule has 7 heteroatoms. The Labute approximate surface area is 145 Å². The molecule has 126 valence electrons. The van der Waals surface area contributed by atoms with Crippen molar-refractivity contribution in [2.45, 2.75) is 45.8 Å². The Morgan fingerprint density at radius 2 is 2.08 bits per heavy atom. The van der Waals surface area contributed by atoms with Gasteiger partial charge in [-0.05, 0) is 45.4 Å². The van der Waals surface area contributed by atoms with E-state index in [-0.39, 0.29) is 5.97 Å². The predicted molar refractivity (Wildman–Crippen MR) is 92.8 cm³/mol. The minimum Gasteiger partial charge on any atom is -0.458 e. The normalized spacial score (nSPS) is 12.3. The number of nitrogens with zero attached hydrogens (tertiary/aromatic N) is 3. The lowest BCUT2D eigenvalue weighted by Crippen LogP contribution is -2.38. The molecule has 0 saturated heterocycles. The number of aromatic nitrogens is 2. The molecule has 0 aliphatic heterocycles. The van der Waals surface area contributed by atoms with Crippen molar-refractivity contribution in [3.8, 4) is 6.07 Å². The molecule has 0 fully saturated rings. The highest BCUT2D eigenvalue weighted by molar-refractivity contribution is 7.16. The second kappa shape index (κ2) is 7.41. The van der Waals surface area contributed by atoms with E-state index in [0.29, 0.717) is 22.1 Å². The van der Waals surface area contributed by atoms with Gasteiger partial charge in [0, 0.05) is 18.8 Å². The topological polar surface area (TPSA) is 87.9 Å². The maximum atomic E-state index is 12.5. The predicted octanol–water partition coefficient (Wildman–Crippen LogP) is 3.08. The monoisotopic (exact) mass is 344 g/mol. The number of nitrogens with one attached hydrogen (secondary N) is 1. The Morgan fingerprint density at radius 3 is 2.62 bits per heavy atom. The van der Waals surface area contributed by atoms with Gasteiger partial charge in [0.25, 0.3) is 0 Å². The van der Waals surface area contributed by atoms with Crippen molar-refractivity contribution in [1.82, 2.24) is 9.97 Å². The Morgan fingerprint density at radius 1 is 1.42 bits per heavy atom. The van der Waals surface area contributed by atoms with Gasteiger partial charge in [-0.25, -0.2) is 9.78 Å². The van der Waals surface area contributed by atoms with Gasteiger partial charge in [0.1, 0.15) is 22.6 Å². The first kappa shape index (κ1) is 17.9. The molecule has 0 radical (unpaired) electrons. The van der Waals surface area contributed by atoms with Crippen molar-refractivity contribution in [3.63, 3.8) is 0 Å². The highest BCUT2D eigenvalue weighted by Gasteiger charge is 2.26. The second-order valence-corrected chi connectivity index (χ2v) is 7.33. The number of carbonyl (C=O) groups excluding carboxylic acids is 1. The summed E-state index contributed by atoms with van der Waals surface area (Å²) >= 11 is 1.23. The van der Waals surface area contributed by atoms with Crippen molar-refractivity contribution in [2.24, 2.45) is 0 Å². The third-order valence-electron chi connectivity index (χ3n) is 3.08. The molecule has 1 atom stereocenters. The molecule has 0 amide bonds. The van der Waals surface area contributed by atoms with Crippen molar-refractivity contribution >= 4 is 22.4 Å². The van der Waals surface area contributed by atoms with Crippen LogP contribution < -0.4 is 5.32 Å². The van der Waals surface area contributed by atoms with E-state index in [1.165, 1.54) is 11.3 Å². The van der Waals surface area contributed by atoms with E-state index in [0.717, 1.165) is 5.56 Å². The molecule has 0 aliphatic rings. The summed E-state index contributed by atoms with van der Waals surface area (Å²) in [4.78, 5) is 21.4. The van der Waals surface area contributed by atoms with Gasteiger partial charge in [-0.15, -0.1) is 0 Å². The molecule has 6 nitrogen and oxygen atoms in total. The lowest BCUT2D eigenvalue weighted by atomic mass is 10.1. The van der Waals surface area contributed by atoms with Gasteiger partial charge in [0.15, 0.2) is 5.13 Å². The first-order valence-electron chi connectivity index (χ1n) is 7.54. The maximum Gasteiger partial charge on any atom is 0.329 e. The molecule has 2 aromatic heterocycles. The molecule has 1 N–H and O–H groups in total. The zero-order chi connectivity index (χ0) is 17.7. The Kier molecular flexibility index (Phi) is 5.52. The summed E-state index contributed by atoms with van der Waals surface area (Å²) in [6.07, 6.45) is 3.81. The van der Waals surface area contributed by atoms with Crippen LogP contribution in [0.3, 0.4) is 0 Å². The summed E-state index contributed by atoms with van der Waals surface area (Å²) in [6, 6.07) is 5.21. The number of esters is 1. The van der Waals surface area contributed by atoms with E-state index in [4.69, 9.17) is 10.00 Å². The van der Waals surface area contributed by atoms with Crippen LogP contribution in [0.15, 0.2) is 24.5 Å². The Balaban J connectivity index is 2.21. The van der Waals surface area contributed by atoms with E-state index >= 15 is 0 Å². The van der Waals surface area contributed by atoms with Gasteiger partial charge in [-0.2, -0.15) is 5.26 Å². The van der Waals surface area contributed by atoms with Gasteiger partial charge < -0.3 is 10.1 Å². The molecule has 0 aliphatic carbocycles. The number of rotatable bonds is 5. The van der Waals surface area contributed by atoms with Crippen molar-refractivity contribution in [2.75, 3.05) is 5.32 Å². The average Bonchev–Trinajstić information content (AvgIpc) is 2.85. The summed E-state index contributed by atoms with van der Waals surface area (Å²) in [6.45, 7) is 7.26. The van der Waals surface area contributed by atoms with Gasteiger partial charge in [-0.3, -0.25) is 4.98 Å². The smallest absolute Gasteiger partial charge is 0.329 e. The first-order valence-corrected chi connectivity index (χ1v) is 8.36. The molecule has 0 aromatic carbocycles. The summed E-state index contributed by atoms with van der Waals surface area (Å²) in [5.41, 5.74) is 1.03. The van der Waals surface area contributed by atoms with Crippen LogP contribution in [0, 0.1) is 18.3 Å². The van der Waals surface area contributed by atoms with Gasteiger partial charge in [-0.1, -0.05) is 11.3 Å². The van der Waals surface area contributed by atoms with E-state index in [9.17, 15) is 4.79 Å². The minimum atomic E-state index is -0.594. The van der Waals surface area contributed by atoms with Gasteiger partial charge in [0.05, 0.1) is 5.69 Å². The number of hydrogen-bond donors (Lipinski definition) is 1. The number of nitriles is 1. The van der Waals surface area contributed by atoms with Crippen LogP contribution in [0.5, 0.6) is 0 Å². The number of hydrogen-bond acceptors (Lipinski definition) is 7. The van der Waals surface area contributed by atoms with E-state index in [2.05, 4.69) is 21.4 Å². The summed E-state index contributed by atoms with van der Waals surface area (Å²) in [7, 11) is 0. The van der Waals surface area contributed by atoms with Gasteiger partial charge >= 0.3 is 5.97 Å². The van der Waals surface area contributed by atoms with Crippen LogP contribution >= 0.6 is 11.3 Å². The third kappa shape index (κ3) is 5.03. The van der Waals surface area contributed by atoms with Crippen LogP contribution in [0.4, 0.5) is 5.13 Å². The number of carbonyl (C=O) groups is 1. The van der Waals surface area contributed by atoms with Crippen molar-refractivity contribution < 1.29 is 9.53 Å². The molecule has 2 heterocycles. The van der Waals surface area contributed by atoms with Crippen LogP contribution in [0.2, 0.25) is 0 Å². The quantitative estimate of drug-likeness (QED) is 0.839. The highest BCUT2D eigenvalue weighted by atomic mass is 32.1. The van der Waals surface area contributed by atoms with Crippen LogP contribution in [0.1, 0.15) is 36.9 Å². The fraction of sp³-hybridized carbons (Fsp3) is 0.412. The molecule has 0 saturated carbocycles. The fourth-order valence-corrected chi connectivity index (χ4v) is 2.85. The molecule has 1 unspecified atom stereocenters.